The fraction of sp³-hybridized carbons (Fsp3) is 0.214. The first-order valence-corrected chi connectivity index (χ1v) is 5.69. The molecule has 0 saturated carbocycles. The first kappa shape index (κ1) is 13.5. The molecule has 0 aliphatic carbocycles. The van der Waals surface area contributed by atoms with Crippen LogP contribution in [-0.2, 0) is 11.3 Å². The van der Waals surface area contributed by atoms with E-state index in [1.54, 1.807) is 0 Å². The van der Waals surface area contributed by atoms with Gasteiger partial charge in [-0.2, -0.15) is 0 Å². The van der Waals surface area contributed by atoms with Crippen molar-refractivity contribution in [1.82, 2.24) is 0 Å². The van der Waals surface area contributed by atoms with Crippen LogP contribution < -0.4 is 0 Å². The van der Waals surface area contributed by atoms with Crippen LogP contribution in [0.1, 0.15) is 19.4 Å². The van der Waals surface area contributed by atoms with Crippen molar-refractivity contribution < 1.29 is 4.74 Å². The average molecular weight is 250 g/mol. The van der Waals surface area contributed by atoms with Gasteiger partial charge in [0, 0.05) is 0 Å². The highest BCUT2D eigenvalue weighted by Crippen LogP contribution is 2.17. The maximum atomic E-state index is 5.92. The molecule has 0 heterocycles. The Labute approximate surface area is 107 Å². The van der Waals surface area contributed by atoms with Gasteiger partial charge in [0.1, 0.15) is 6.61 Å². The second kappa shape index (κ2) is 6.92. The number of benzene rings is 1. The third kappa shape index (κ3) is 4.87. The summed E-state index contributed by atoms with van der Waals surface area (Å²) in [5.74, 6) is 0.547. The van der Waals surface area contributed by atoms with Gasteiger partial charge in [-0.3, -0.25) is 0 Å². The number of nitrogens with zero attached hydrogens (tertiary/aromatic N) is 1. The SMILES string of the molecule is C=N/C(Cl)=C(\C=C(C)C)OCc1ccccc1. The molecule has 1 aromatic carbocycles. The number of hydrogen-bond donors (Lipinski definition) is 0. The maximum Gasteiger partial charge on any atom is 0.170 e. The minimum absolute atomic E-state index is 0.280. The average Bonchev–Trinajstić information content (AvgIpc) is 2.34. The van der Waals surface area contributed by atoms with Crippen LogP contribution in [0.3, 0.4) is 0 Å². The third-order valence-electron chi connectivity index (χ3n) is 2.00. The fourth-order valence-corrected chi connectivity index (χ4v) is 1.35. The molecular weight excluding hydrogens is 234 g/mol. The zero-order chi connectivity index (χ0) is 12.7. The van der Waals surface area contributed by atoms with Crippen molar-refractivity contribution in [2.45, 2.75) is 20.5 Å². The Kier molecular flexibility index (Phi) is 5.50. The summed E-state index contributed by atoms with van der Waals surface area (Å²) in [6.07, 6.45) is 1.85. The standard InChI is InChI=1S/C14H16ClNO/c1-11(2)9-13(14(15)16-3)17-10-12-7-5-4-6-8-12/h4-9H,3,10H2,1-2H3/b14-13+. The monoisotopic (exact) mass is 249 g/mol. The lowest BCUT2D eigenvalue weighted by molar-refractivity contribution is 0.209. The number of aliphatic imine (C=N–C) groups is 1. The zero-order valence-electron chi connectivity index (χ0n) is 10.1. The van der Waals surface area contributed by atoms with Crippen molar-refractivity contribution in [1.29, 1.82) is 0 Å². The molecule has 1 aromatic rings. The second-order valence-electron chi connectivity index (χ2n) is 3.81. The van der Waals surface area contributed by atoms with Gasteiger partial charge >= 0.3 is 0 Å². The normalized spacial score (nSPS) is 11.5. The van der Waals surface area contributed by atoms with Crippen molar-refractivity contribution in [3.05, 3.63) is 58.5 Å². The van der Waals surface area contributed by atoms with Gasteiger partial charge in [0.25, 0.3) is 0 Å². The minimum atomic E-state index is 0.280. The molecule has 0 aliphatic heterocycles. The molecule has 2 nitrogen and oxygen atoms in total. The molecule has 0 N–H and O–H groups in total. The Morgan fingerprint density at radius 2 is 2.00 bits per heavy atom. The van der Waals surface area contributed by atoms with E-state index in [0.717, 1.165) is 11.1 Å². The number of hydrogen-bond acceptors (Lipinski definition) is 2. The molecule has 1 rings (SSSR count). The lowest BCUT2D eigenvalue weighted by Gasteiger charge is -2.08. The minimum Gasteiger partial charge on any atom is -0.486 e. The van der Waals surface area contributed by atoms with Crippen molar-refractivity contribution in [2.24, 2.45) is 4.99 Å². The van der Waals surface area contributed by atoms with E-state index in [4.69, 9.17) is 16.3 Å². The summed E-state index contributed by atoms with van der Waals surface area (Å²) in [5.41, 5.74) is 2.18. The highest BCUT2D eigenvalue weighted by molar-refractivity contribution is 6.30. The highest BCUT2D eigenvalue weighted by Gasteiger charge is 2.02. The largest absolute Gasteiger partial charge is 0.486 e. The van der Waals surface area contributed by atoms with Crippen LogP contribution in [-0.4, -0.2) is 6.72 Å². The van der Waals surface area contributed by atoms with Crippen LogP contribution in [0.5, 0.6) is 0 Å². The van der Waals surface area contributed by atoms with Crippen LogP contribution in [0.2, 0.25) is 0 Å². The summed E-state index contributed by atoms with van der Waals surface area (Å²) >= 11 is 5.92. The van der Waals surface area contributed by atoms with E-state index in [-0.39, 0.29) is 5.16 Å². The molecule has 17 heavy (non-hydrogen) atoms. The summed E-state index contributed by atoms with van der Waals surface area (Å²) in [4.78, 5) is 3.68. The molecule has 0 spiro atoms. The van der Waals surface area contributed by atoms with Gasteiger partial charge in [0.05, 0.1) is 0 Å². The molecule has 0 bridgehead atoms. The van der Waals surface area contributed by atoms with E-state index >= 15 is 0 Å². The van der Waals surface area contributed by atoms with Gasteiger partial charge in [-0.1, -0.05) is 47.5 Å². The van der Waals surface area contributed by atoms with E-state index in [1.165, 1.54) is 0 Å². The quantitative estimate of drug-likeness (QED) is 0.330. The Bertz CT molecular complexity index is 431. The second-order valence-corrected chi connectivity index (χ2v) is 4.17. The summed E-state index contributed by atoms with van der Waals surface area (Å²) < 4.78 is 5.63. The molecule has 0 radical (unpaired) electrons. The molecule has 0 amide bonds. The van der Waals surface area contributed by atoms with E-state index in [2.05, 4.69) is 11.7 Å². The number of halogens is 1. The van der Waals surface area contributed by atoms with Crippen molar-refractivity contribution in [3.63, 3.8) is 0 Å². The van der Waals surface area contributed by atoms with Gasteiger partial charge in [0.2, 0.25) is 0 Å². The maximum absolute atomic E-state index is 5.92. The van der Waals surface area contributed by atoms with E-state index in [9.17, 15) is 0 Å². The Hall–Kier alpha value is -1.54. The molecule has 0 aliphatic rings. The number of ether oxygens (including phenoxy) is 1. The van der Waals surface area contributed by atoms with Crippen molar-refractivity contribution >= 4 is 18.3 Å². The van der Waals surface area contributed by atoms with Crippen LogP contribution in [0, 0.1) is 0 Å². The number of rotatable bonds is 5. The summed E-state index contributed by atoms with van der Waals surface area (Å²) in [6.45, 7) is 7.80. The number of allylic oxidation sites excluding steroid dienone is 2. The van der Waals surface area contributed by atoms with Crippen LogP contribution in [0.25, 0.3) is 0 Å². The van der Waals surface area contributed by atoms with Crippen LogP contribution >= 0.6 is 11.6 Å². The first-order valence-electron chi connectivity index (χ1n) is 5.31. The van der Waals surface area contributed by atoms with Crippen LogP contribution in [0.4, 0.5) is 0 Å². The summed E-state index contributed by atoms with van der Waals surface area (Å²) in [7, 11) is 0. The smallest absolute Gasteiger partial charge is 0.170 e. The highest BCUT2D eigenvalue weighted by atomic mass is 35.5. The molecule has 90 valence electrons. The van der Waals surface area contributed by atoms with Crippen LogP contribution in [0.15, 0.2) is 57.9 Å². The fourth-order valence-electron chi connectivity index (χ4n) is 1.24. The molecule has 3 heteroatoms. The summed E-state index contributed by atoms with van der Waals surface area (Å²) in [6, 6.07) is 9.89. The first-order chi connectivity index (χ1) is 8.13. The predicted molar refractivity (Wildman–Crippen MR) is 73.1 cm³/mol. The van der Waals surface area contributed by atoms with Gasteiger partial charge in [-0.05, 0) is 32.2 Å². The van der Waals surface area contributed by atoms with Gasteiger partial charge in [-0.15, -0.1) is 0 Å². The molecule has 0 saturated heterocycles. The van der Waals surface area contributed by atoms with Gasteiger partial charge in [-0.25, -0.2) is 4.99 Å². The van der Waals surface area contributed by atoms with Crippen molar-refractivity contribution in [3.8, 4) is 0 Å². The topological polar surface area (TPSA) is 21.6 Å². The molecule has 0 fully saturated rings. The molecule has 0 unspecified atom stereocenters. The lowest BCUT2D eigenvalue weighted by atomic mass is 10.2. The zero-order valence-corrected chi connectivity index (χ0v) is 10.9. The van der Waals surface area contributed by atoms with E-state index in [0.29, 0.717) is 12.4 Å². The molecule has 0 aromatic heterocycles. The van der Waals surface area contributed by atoms with E-state index < -0.39 is 0 Å². The lowest BCUT2D eigenvalue weighted by Crippen LogP contribution is -1.93. The van der Waals surface area contributed by atoms with Crippen molar-refractivity contribution in [2.75, 3.05) is 0 Å². The predicted octanol–water partition coefficient (Wildman–Crippen LogP) is 4.28. The Balaban J connectivity index is 2.76. The molecular formula is C14H16ClNO. The van der Waals surface area contributed by atoms with E-state index in [1.807, 2.05) is 50.3 Å². The third-order valence-corrected chi connectivity index (χ3v) is 2.30. The van der Waals surface area contributed by atoms with Gasteiger partial charge in [0.15, 0.2) is 10.9 Å². The van der Waals surface area contributed by atoms with Gasteiger partial charge < -0.3 is 4.74 Å². The Morgan fingerprint density at radius 1 is 1.35 bits per heavy atom. The summed E-state index contributed by atoms with van der Waals surface area (Å²) in [5, 5.41) is 0.280. The molecule has 0 atom stereocenters. The Morgan fingerprint density at radius 3 is 2.53 bits per heavy atom.